The first-order valence-corrected chi connectivity index (χ1v) is 6.17. The van der Waals surface area contributed by atoms with E-state index in [-0.39, 0.29) is 12.5 Å². The number of carbonyl (C=O) groups is 1. The molecule has 2 atom stereocenters. The van der Waals surface area contributed by atoms with Crippen molar-refractivity contribution in [3.8, 4) is 0 Å². The number of rotatable bonds is 5. The maximum Gasteiger partial charge on any atom is 0.319 e. The van der Waals surface area contributed by atoms with Gasteiger partial charge in [0.1, 0.15) is 11.5 Å². The summed E-state index contributed by atoms with van der Waals surface area (Å²) in [4.78, 5) is 11.5. The summed E-state index contributed by atoms with van der Waals surface area (Å²) in [5, 5.41) is 13.6. The van der Waals surface area contributed by atoms with Crippen molar-refractivity contribution in [3.63, 3.8) is 0 Å². The second-order valence-electron chi connectivity index (χ2n) is 4.77. The zero-order valence-corrected chi connectivity index (χ0v) is 11.2. The van der Waals surface area contributed by atoms with Crippen LogP contribution in [0.3, 0.4) is 0 Å². The molecule has 112 valence electrons. The molecule has 0 saturated carbocycles. The third kappa shape index (κ3) is 5.08. The molecule has 0 bridgehead atoms. The number of aliphatic hydroxyl groups is 1. The number of urea groups is 1. The van der Waals surface area contributed by atoms with Crippen molar-refractivity contribution in [2.45, 2.75) is 26.4 Å². The van der Waals surface area contributed by atoms with Gasteiger partial charge in [0.15, 0.2) is 11.6 Å². The molecule has 0 aliphatic carbocycles. The van der Waals surface area contributed by atoms with Crippen molar-refractivity contribution >= 4 is 11.7 Å². The van der Waals surface area contributed by atoms with Gasteiger partial charge in [0.25, 0.3) is 0 Å². The van der Waals surface area contributed by atoms with Gasteiger partial charge in [0.05, 0.1) is 6.10 Å². The highest BCUT2D eigenvalue weighted by Crippen LogP contribution is 2.19. The number of hydrogen-bond acceptors (Lipinski definition) is 2. The van der Waals surface area contributed by atoms with Crippen molar-refractivity contribution in [3.05, 3.63) is 29.6 Å². The lowest BCUT2D eigenvalue weighted by atomic mass is 10.1. The van der Waals surface area contributed by atoms with Gasteiger partial charge in [0, 0.05) is 18.7 Å². The SMILES string of the molecule is CC(O)CC(C)CNC(=O)Nc1c(F)cc(F)cc1F. The number of hydrogen-bond donors (Lipinski definition) is 3. The Morgan fingerprint density at radius 1 is 1.25 bits per heavy atom. The summed E-state index contributed by atoms with van der Waals surface area (Å²) in [7, 11) is 0. The lowest BCUT2D eigenvalue weighted by molar-refractivity contribution is 0.163. The van der Waals surface area contributed by atoms with Crippen LogP contribution < -0.4 is 10.6 Å². The van der Waals surface area contributed by atoms with Crippen LogP contribution in [0.5, 0.6) is 0 Å². The third-order valence-corrected chi connectivity index (χ3v) is 2.60. The van der Waals surface area contributed by atoms with Crippen LogP contribution in [0.2, 0.25) is 0 Å². The van der Waals surface area contributed by atoms with Gasteiger partial charge >= 0.3 is 6.03 Å². The van der Waals surface area contributed by atoms with E-state index >= 15 is 0 Å². The minimum atomic E-state index is -1.19. The van der Waals surface area contributed by atoms with Crippen molar-refractivity contribution in [1.29, 1.82) is 0 Å². The molecule has 20 heavy (non-hydrogen) atoms. The Balaban J connectivity index is 2.55. The Kier molecular flexibility index (Phi) is 5.82. The van der Waals surface area contributed by atoms with E-state index in [0.717, 1.165) is 0 Å². The molecule has 0 fully saturated rings. The number of benzene rings is 1. The fraction of sp³-hybridized carbons (Fsp3) is 0.462. The molecule has 0 radical (unpaired) electrons. The van der Waals surface area contributed by atoms with E-state index in [1.54, 1.807) is 6.92 Å². The van der Waals surface area contributed by atoms with Crippen LogP contribution in [-0.4, -0.2) is 23.8 Å². The molecule has 1 aromatic carbocycles. The van der Waals surface area contributed by atoms with Crippen LogP contribution in [0, 0.1) is 23.4 Å². The zero-order valence-electron chi connectivity index (χ0n) is 11.2. The van der Waals surface area contributed by atoms with Gasteiger partial charge in [-0.15, -0.1) is 0 Å². The van der Waals surface area contributed by atoms with Crippen molar-refractivity contribution in [2.24, 2.45) is 5.92 Å². The van der Waals surface area contributed by atoms with Gasteiger partial charge in [-0.25, -0.2) is 18.0 Å². The summed E-state index contributed by atoms with van der Waals surface area (Å²) in [6, 6.07) is 0.163. The number of halogens is 3. The van der Waals surface area contributed by atoms with E-state index in [1.807, 2.05) is 12.2 Å². The third-order valence-electron chi connectivity index (χ3n) is 2.60. The molecule has 0 spiro atoms. The molecule has 4 nitrogen and oxygen atoms in total. The standard InChI is InChI=1S/C13H17F3N2O2/c1-7(3-8(2)19)6-17-13(20)18-12-10(15)4-9(14)5-11(12)16/h4-5,7-8,19H,3,6H2,1-2H3,(H2,17,18,20). The molecular weight excluding hydrogens is 273 g/mol. The fourth-order valence-corrected chi connectivity index (χ4v) is 1.75. The number of amides is 2. The summed E-state index contributed by atoms with van der Waals surface area (Å²) in [5.74, 6) is -3.43. The summed E-state index contributed by atoms with van der Waals surface area (Å²) < 4.78 is 39.3. The molecule has 0 aromatic heterocycles. The lowest BCUT2D eigenvalue weighted by Crippen LogP contribution is -2.33. The molecule has 2 unspecified atom stereocenters. The van der Waals surface area contributed by atoms with Gasteiger partial charge < -0.3 is 15.7 Å². The Bertz CT molecular complexity index is 458. The number of nitrogens with one attached hydrogen (secondary N) is 2. The van der Waals surface area contributed by atoms with Gasteiger partial charge in [0.2, 0.25) is 0 Å². The van der Waals surface area contributed by atoms with Gasteiger partial charge in [-0.2, -0.15) is 0 Å². The van der Waals surface area contributed by atoms with Gasteiger partial charge in [-0.1, -0.05) is 6.92 Å². The van der Waals surface area contributed by atoms with Crippen LogP contribution in [0.4, 0.5) is 23.7 Å². The number of anilines is 1. The molecule has 0 saturated heterocycles. The summed E-state index contributed by atoms with van der Waals surface area (Å²) in [5.41, 5.74) is -0.702. The average molecular weight is 290 g/mol. The largest absolute Gasteiger partial charge is 0.393 e. The van der Waals surface area contributed by atoms with Crippen LogP contribution >= 0.6 is 0 Å². The molecule has 7 heteroatoms. The molecule has 1 aromatic rings. The highest BCUT2D eigenvalue weighted by atomic mass is 19.1. The Morgan fingerprint density at radius 3 is 2.30 bits per heavy atom. The van der Waals surface area contributed by atoms with Crippen molar-refractivity contribution in [1.82, 2.24) is 5.32 Å². The van der Waals surface area contributed by atoms with Crippen LogP contribution in [0.1, 0.15) is 20.3 Å². The quantitative estimate of drug-likeness (QED) is 0.780. The van der Waals surface area contributed by atoms with Gasteiger partial charge in [-0.05, 0) is 19.3 Å². The predicted octanol–water partition coefficient (Wildman–Crippen LogP) is 2.63. The minimum Gasteiger partial charge on any atom is -0.393 e. The second-order valence-corrected chi connectivity index (χ2v) is 4.77. The first kappa shape index (κ1) is 16.3. The van der Waals surface area contributed by atoms with E-state index in [9.17, 15) is 18.0 Å². The topological polar surface area (TPSA) is 61.4 Å². The maximum atomic E-state index is 13.3. The van der Waals surface area contributed by atoms with Crippen molar-refractivity contribution < 1.29 is 23.1 Å². The summed E-state index contributed by atoms with van der Waals surface area (Å²) in [6.07, 6.45) is -0.0126. The van der Waals surface area contributed by atoms with E-state index < -0.39 is 35.3 Å². The number of aliphatic hydroxyl groups excluding tert-OH is 1. The second kappa shape index (κ2) is 7.14. The molecule has 0 aliphatic rings. The van der Waals surface area contributed by atoms with E-state index in [0.29, 0.717) is 18.6 Å². The van der Waals surface area contributed by atoms with Crippen LogP contribution in [0.15, 0.2) is 12.1 Å². The molecule has 0 heterocycles. The van der Waals surface area contributed by atoms with E-state index in [2.05, 4.69) is 5.32 Å². The Labute approximate surface area is 115 Å². The van der Waals surface area contributed by atoms with Gasteiger partial charge in [-0.3, -0.25) is 0 Å². The van der Waals surface area contributed by atoms with Crippen LogP contribution in [-0.2, 0) is 0 Å². The summed E-state index contributed by atoms with van der Waals surface area (Å²) in [6.45, 7) is 3.67. The molecule has 0 aliphatic heterocycles. The highest BCUT2D eigenvalue weighted by molar-refractivity contribution is 5.89. The van der Waals surface area contributed by atoms with Crippen molar-refractivity contribution in [2.75, 3.05) is 11.9 Å². The maximum absolute atomic E-state index is 13.3. The predicted molar refractivity (Wildman–Crippen MR) is 68.8 cm³/mol. The molecular formula is C13H17F3N2O2. The molecule has 1 rings (SSSR count). The Hall–Kier alpha value is -1.76. The smallest absolute Gasteiger partial charge is 0.319 e. The fourth-order valence-electron chi connectivity index (χ4n) is 1.75. The van der Waals surface area contributed by atoms with E-state index in [1.165, 1.54) is 0 Å². The number of carbonyl (C=O) groups excluding carboxylic acids is 1. The lowest BCUT2D eigenvalue weighted by Gasteiger charge is -2.15. The molecule has 3 N–H and O–H groups in total. The minimum absolute atomic E-state index is 0.00339. The zero-order chi connectivity index (χ0) is 15.3. The first-order valence-electron chi connectivity index (χ1n) is 6.17. The Morgan fingerprint density at radius 2 is 1.80 bits per heavy atom. The highest BCUT2D eigenvalue weighted by Gasteiger charge is 2.15. The normalized spacial score (nSPS) is 13.7. The monoisotopic (exact) mass is 290 g/mol. The van der Waals surface area contributed by atoms with Crippen LogP contribution in [0.25, 0.3) is 0 Å². The first-order chi connectivity index (χ1) is 9.29. The van der Waals surface area contributed by atoms with E-state index in [4.69, 9.17) is 5.11 Å². The summed E-state index contributed by atoms with van der Waals surface area (Å²) >= 11 is 0. The average Bonchev–Trinajstić information content (AvgIpc) is 2.30. The molecule has 2 amide bonds.